The molecule has 0 aliphatic carbocycles. The summed E-state index contributed by atoms with van der Waals surface area (Å²) >= 11 is 0. The van der Waals surface area contributed by atoms with E-state index < -0.39 is 25.9 Å². The van der Waals surface area contributed by atoms with Crippen molar-refractivity contribution in [1.82, 2.24) is 9.21 Å². The Bertz CT molecular complexity index is 908. The highest BCUT2D eigenvalue weighted by molar-refractivity contribution is 7.92. The Labute approximate surface area is 148 Å². The molecular weight excluding hydrogens is 364 g/mol. The molecule has 0 saturated carbocycles. The molecular formula is C16H22N2O5S2. The quantitative estimate of drug-likeness (QED) is 0.750. The van der Waals surface area contributed by atoms with E-state index >= 15 is 0 Å². The van der Waals surface area contributed by atoms with Crippen LogP contribution in [-0.2, 0) is 37.6 Å². The van der Waals surface area contributed by atoms with Gasteiger partial charge < -0.3 is 4.90 Å². The largest absolute Gasteiger partial charge is 0.338 e. The van der Waals surface area contributed by atoms with E-state index in [0.29, 0.717) is 25.9 Å². The second kappa shape index (κ2) is 6.37. The van der Waals surface area contributed by atoms with Crippen molar-refractivity contribution < 1.29 is 21.6 Å². The number of hydrogen-bond donors (Lipinski definition) is 0. The third kappa shape index (κ3) is 3.58. The summed E-state index contributed by atoms with van der Waals surface area (Å²) < 4.78 is 50.2. The summed E-state index contributed by atoms with van der Waals surface area (Å²) in [5.41, 5.74) is 1.87. The van der Waals surface area contributed by atoms with Crippen molar-refractivity contribution in [2.45, 2.75) is 37.2 Å². The lowest BCUT2D eigenvalue weighted by Gasteiger charge is -2.29. The van der Waals surface area contributed by atoms with Gasteiger partial charge >= 0.3 is 0 Å². The van der Waals surface area contributed by atoms with E-state index in [1.54, 1.807) is 23.1 Å². The second-order valence-electron chi connectivity index (χ2n) is 6.70. The van der Waals surface area contributed by atoms with Gasteiger partial charge in [-0.1, -0.05) is 6.07 Å². The first-order valence-corrected chi connectivity index (χ1v) is 11.4. The fraction of sp³-hybridized carbons (Fsp3) is 0.562. The van der Waals surface area contributed by atoms with Gasteiger partial charge in [0.2, 0.25) is 15.9 Å². The average Bonchev–Trinajstić information content (AvgIpc) is 2.92. The Balaban J connectivity index is 1.88. The molecule has 2 aliphatic heterocycles. The van der Waals surface area contributed by atoms with E-state index in [1.807, 2.05) is 0 Å². The maximum absolute atomic E-state index is 12.9. The van der Waals surface area contributed by atoms with Crippen molar-refractivity contribution in [3.63, 3.8) is 0 Å². The SMILES string of the molecule is CC(=O)N1CCc2ccc(S(=O)(=O)N(C)C3CCS(=O)(=O)C3)cc2C1. The first-order chi connectivity index (χ1) is 11.6. The van der Waals surface area contributed by atoms with Crippen LogP contribution in [0.5, 0.6) is 0 Å². The molecule has 1 unspecified atom stereocenters. The number of nitrogens with zero attached hydrogens (tertiary/aromatic N) is 2. The van der Waals surface area contributed by atoms with Gasteiger partial charge in [-0.2, -0.15) is 4.31 Å². The Kier molecular flexibility index (Phi) is 4.67. The third-order valence-corrected chi connectivity index (χ3v) is 8.69. The molecule has 0 spiro atoms. The zero-order valence-corrected chi connectivity index (χ0v) is 15.9. The van der Waals surface area contributed by atoms with Gasteiger partial charge in [-0.15, -0.1) is 0 Å². The maximum Gasteiger partial charge on any atom is 0.243 e. The molecule has 7 nitrogen and oxygen atoms in total. The zero-order valence-electron chi connectivity index (χ0n) is 14.3. The predicted octanol–water partition coefficient (Wildman–Crippen LogP) is 0.399. The summed E-state index contributed by atoms with van der Waals surface area (Å²) in [5.74, 6) is -0.145. The molecule has 0 aromatic heterocycles. The molecule has 0 radical (unpaired) electrons. The van der Waals surface area contributed by atoms with Crippen LogP contribution in [0.1, 0.15) is 24.5 Å². The lowest BCUT2D eigenvalue weighted by Crippen LogP contribution is -2.38. The molecule has 1 atom stereocenters. The van der Waals surface area contributed by atoms with E-state index in [-0.39, 0.29) is 22.3 Å². The van der Waals surface area contributed by atoms with Crippen molar-refractivity contribution in [2.24, 2.45) is 0 Å². The zero-order chi connectivity index (χ0) is 18.4. The molecule has 0 bridgehead atoms. The molecule has 3 rings (SSSR count). The standard InChI is InChI=1S/C16H22N2O5S2/c1-12(19)18-7-5-13-3-4-16(9-14(13)10-18)25(22,23)17(2)15-6-8-24(20,21)11-15/h3-4,9,15H,5-8,10-11H2,1-2H3. The van der Waals surface area contributed by atoms with Crippen molar-refractivity contribution >= 4 is 25.8 Å². The Morgan fingerprint density at radius 2 is 2.00 bits per heavy atom. The van der Waals surface area contributed by atoms with E-state index in [4.69, 9.17) is 0 Å². The van der Waals surface area contributed by atoms with Crippen LogP contribution in [-0.4, -0.2) is 63.1 Å². The first kappa shape index (κ1) is 18.3. The average molecular weight is 386 g/mol. The van der Waals surface area contributed by atoms with Crippen molar-refractivity contribution in [2.75, 3.05) is 25.1 Å². The number of rotatable bonds is 3. The van der Waals surface area contributed by atoms with Gasteiger partial charge in [-0.25, -0.2) is 16.8 Å². The minimum atomic E-state index is -3.78. The van der Waals surface area contributed by atoms with Crippen LogP contribution in [0, 0.1) is 0 Å². The minimum absolute atomic E-state index is 0.0231. The van der Waals surface area contributed by atoms with Crippen LogP contribution in [0.4, 0.5) is 0 Å². The number of benzene rings is 1. The van der Waals surface area contributed by atoms with Crippen LogP contribution < -0.4 is 0 Å². The van der Waals surface area contributed by atoms with Crippen molar-refractivity contribution in [3.05, 3.63) is 29.3 Å². The van der Waals surface area contributed by atoms with Gasteiger partial charge in [-0.3, -0.25) is 4.79 Å². The molecule has 0 N–H and O–H groups in total. The lowest BCUT2D eigenvalue weighted by atomic mass is 10.00. The van der Waals surface area contributed by atoms with Crippen LogP contribution in [0.25, 0.3) is 0 Å². The summed E-state index contributed by atoms with van der Waals surface area (Å²) in [6.45, 7) is 2.53. The number of fused-ring (bicyclic) bond motifs is 1. The number of carbonyl (C=O) groups excluding carboxylic acids is 1. The first-order valence-electron chi connectivity index (χ1n) is 8.16. The molecule has 1 fully saturated rings. The number of sulfonamides is 1. The van der Waals surface area contributed by atoms with E-state index in [1.165, 1.54) is 18.3 Å². The molecule has 2 aliphatic rings. The van der Waals surface area contributed by atoms with Crippen LogP contribution in [0.3, 0.4) is 0 Å². The third-order valence-electron chi connectivity index (χ3n) is 5.03. The predicted molar refractivity (Wildman–Crippen MR) is 93.2 cm³/mol. The smallest absolute Gasteiger partial charge is 0.243 e. The Morgan fingerprint density at radius 1 is 1.28 bits per heavy atom. The molecule has 9 heteroatoms. The number of sulfone groups is 1. The highest BCUT2D eigenvalue weighted by Gasteiger charge is 2.36. The summed E-state index contributed by atoms with van der Waals surface area (Å²) in [4.78, 5) is 13.4. The van der Waals surface area contributed by atoms with Crippen molar-refractivity contribution in [1.29, 1.82) is 0 Å². The van der Waals surface area contributed by atoms with Gasteiger partial charge in [0, 0.05) is 33.1 Å². The van der Waals surface area contributed by atoms with Crippen LogP contribution >= 0.6 is 0 Å². The number of carbonyl (C=O) groups is 1. The van der Waals surface area contributed by atoms with Gasteiger partial charge in [0.1, 0.15) is 0 Å². The molecule has 25 heavy (non-hydrogen) atoms. The fourth-order valence-electron chi connectivity index (χ4n) is 3.39. The lowest BCUT2D eigenvalue weighted by molar-refractivity contribution is -0.129. The van der Waals surface area contributed by atoms with E-state index in [2.05, 4.69) is 0 Å². The molecule has 1 amide bonds. The number of hydrogen-bond acceptors (Lipinski definition) is 5. The Hall–Kier alpha value is -1.45. The minimum Gasteiger partial charge on any atom is -0.338 e. The molecule has 1 aromatic rings. The van der Waals surface area contributed by atoms with Gasteiger partial charge in [-0.05, 0) is 36.1 Å². The van der Waals surface area contributed by atoms with E-state index in [9.17, 15) is 21.6 Å². The monoisotopic (exact) mass is 386 g/mol. The Morgan fingerprint density at radius 3 is 2.60 bits per heavy atom. The van der Waals surface area contributed by atoms with Crippen molar-refractivity contribution in [3.8, 4) is 0 Å². The van der Waals surface area contributed by atoms with Gasteiger partial charge in [0.25, 0.3) is 0 Å². The molecule has 138 valence electrons. The van der Waals surface area contributed by atoms with Crippen LogP contribution in [0.15, 0.2) is 23.1 Å². The normalized spacial score (nSPS) is 22.8. The summed E-state index contributed by atoms with van der Waals surface area (Å²) in [7, 11) is -5.51. The summed E-state index contributed by atoms with van der Waals surface area (Å²) in [5, 5.41) is 0. The maximum atomic E-state index is 12.9. The molecule has 2 heterocycles. The van der Waals surface area contributed by atoms with E-state index in [0.717, 1.165) is 11.1 Å². The van der Waals surface area contributed by atoms with Gasteiger partial charge in [0.05, 0.1) is 16.4 Å². The highest BCUT2D eigenvalue weighted by Crippen LogP contribution is 2.27. The second-order valence-corrected chi connectivity index (χ2v) is 10.9. The number of amides is 1. The fourth-order valence-corrected chi connectivity index (χ4v) is 6.69. The topological polar surface area (TPSA) is 91.8 Å². The summed E-state index contributed by atoms with van der Waals surface area (Å²) in [6.07, 6.45) is 1.02. The molecule has 1 aromatic carbocycles. The highest BCUT2D eigenvalue weighted by atomic mass is 32.2. The van der Waals surface area contributed by atoms with Crippen LogP contribution in [0.2, 0.25) is 0 Å². The van der Waals surface area contributed by atoms with Gasteiger partial charge in [0.15, 0.2) is 9.84 Å². The summed E-state index contributed by atoms with van der Waals surface area (Å²) in [6, 6.07) is 4.44. The molecule has 1 saturated heterocycles.